The highest BCUT2D eigenvalue weighted by molar-refractivity contribution is 5.42. The van der Waals surface area contributed by atoms with Crippen LogP contribution in [0, 0.1) is 12.8 Å². The van der Waals surface area contributed by atoms with Crippen LogP contribution in [-0.2, 0) is 0 Å². The van der Waals surface area contributed by atoms with E-state index in [0.717, 1.165) is 11.6 Å². The number of rotatable bonds is 2. The van der Waals surface area contributed by atoms with Crippen LogP contribution in [0.4, 0.5) is 5.69 Å². The Kier molecular flexibility index (Phi) is 3.24. The van der Waals surface area contributed by atoms with Gasteiger partial charge in [0.05, 0.1) is 11.9 Å². The zero-order valence-corrected chi connectivity index (χ0v) is 9.66. The van der Waals surface area contributed by atoms with Crippen molar-refractivity contribution >= 4 is 5.69 Å². The van der Waals surface area contributed by atoms with Crippen LogP contribution in [-0.4, -0.2) is 11.0 Å². The first-order valence-corrected chi connectivity index (χ1v) is 5.95. The van der Waals surface area contributed by atoms with Gasteiger partial charge in [0.15, 0.2) is 0 Å². The molecule has 0 bridgehead atoms. The summed E-state index contributed by atoms with van der Waals surface area (Å²) >= 11 is 0. The van der Waals surface area contributed by atoms with Crippen molar-refractivity contribution in [2.24, 2.45) is 5.92 Å². The van der Waals surface area contributed by atoms with Gasteiger partial charge in [-0.3, -0.25) is 4.98 Å². The fourth-order valence-corrected chi connectivity index (χ4v) is 2.30. The van der Waals surface area contributed by atoms with Crippen LogP contribution in [0.1, 0.15) is 38.3 Å². The molecule has 82 valence electrons. The Morgan fingerprint density at radius 3 is 2.73 bits per heavy atom. The topological polar surface area (TPSA) is 24.9 Å². The van der Waals surface area contributed by atoms with E-state index in [9.17, 15) is 0 Å². The molecule has 1 saturated carbocycles. The number of aromatic nitrogens is 1. The first kappa shape index (κ1) is 10.5. The third-order valence-corrected chi connectivity index (χ3v) is 3.37. The molecule has 1 aliphatic rings. The maximum Gasteiger partial charge on any atom is 0.0529 e. The molecule has 2 heteroatoms. The van der Waals surface area contributed by atoms with Crippen LogP contribution in [0.5, 0.6) is 0 Å². The number of hydrogen-bond donors (Lipinski definition) is 1. The van der Waals surface area contributed by atoms with Gasteiger partial charge in [-0.05, 0) is 37.8 Å². The van der Waals surface area contributed by atoms with E-state index in [4.69, 9.17) is 0 Å². The predicted molar refractivity (Wildman–Crippen MR) is 64.0 cm³/mol. The first-order valence-electron chi connectivity index (χ1n) is 5.95. The minimum atomic E-state index is 0.642. The molecule has 1 fully saturated rings. The normalized spacial score (nSPS) is 26.3. The van der Waals surface area contributed by atoms with E-state index in [2.05, 4.69) is 29.4 Å². The van der Waals surface area contributed by atoms with Gasteiger partial charge < -0.3 is 5.32 Å². The highest BCUT2D eigenvalue weighted by atomic mass is 14.9. The quantitative estimate of drug-likeness (QED) is 0.798. The molecule has 1 aromatic rings. The molecule has 0 saturated heterocycles. The average Bonchev–Trinajstić information content (AvgIpc) is 2.25. The van der Waals surface area contributed by atoms with E-state index < -0.39 is 0 Å². The smallest absolute Gasteiger partial charge is 0.0529 e. The predicted octanol–water partition coefficient (Wildman–Crippen LogP) is 3.38. The van der Waals surface area contributed by atoms with E-state index in [1.54, 1.807) is 0 Å². The van der Waals surface area contributed by atoms with E-state index in [1.807, 2.05) is 13.1 Å². The molecule has 15 heavy (non-hydrogen) atoms. The maximum absolute atomic E-state index is 4.31. The van der Waals surface area contributed by atoms with Crippen molar-refractivity contribution in [3.63, 3.8) is 0 Å². The molecule has 0 unspecified atom stereocenters. The molecule has 1 aromatic heterocycles. The zero-order chi connectivity index (χ0) is 10.7. The van der Waals surface area contributed by atoms with Crippen LogP contribution in [0.25, 0.3) is 0 Å². The minimum Gasteiger partial charge on any atom is -0.381 e. The molecule has 2 atom stereocenters. The SMILES string of the molecule is Cc1ccc(N[C@H]2CCCC[C@H]2C)cn1. The fraction of sp³-hybridized carbons (Fsp3) is 0.615. The molecule has 0 radical (unpaired) electrons. The summed E-state index contributed by atoms with van der Waals surface area (Å²) in [5, 5.41) is 3.60. The van der Waals surface area contributed by atoms with E-state index >= 15 is 0 Å². The summed E-state index contributed by atoms with van der Waals surface area (Å²) in [5.41, 5.74) is 2.25. The lowest BCUT2D eigenvalue weighted by atomic mass is 9.86. The van der Waals surface area contributed by atoms with E-state index in [0.29, 0.717) is 6.04 Å². The summed E-state index contributed by atoms with van der Waals surface area (Å²) in [6.45, 7) is 4.37. The second kappa shape index (κ2) is 4.65. The van der Waals surface area contributed by atoms with Gasteiger partial charge in [-0.2, -0.15) is 0 Å². The standard InChI is InChI=1S/C13H20N2/c1-10-5-3-4-6-13(10)15-12-8-7-11(2)14-9-12/h7-10,13,15H,3-6H2,1-2H3/t10-,13+/m1/s1. The van der Waals surface area contributed by atoms with E-state index in [-0.39, 0.29) is 0 Å². The zero-order valence-electron chi connectivity index (χ0n) is 9.66. The molecule has 2 nitrogen and oxygen atoms in total. The second-order valence-electron chi connectivity index (χ2n) is 4.70. The van der Waals surface area contributed by atoms with Crippen LogP contribution in [0.3, 0.4) is 0 Å². The first-order chi connectivity index (χ1) is 7.25. The molecular formula is C13H20N2. The summed E-state index contributed by atoms with van der Waals surface area (Å²) < 4.78 is 0. The molecule has 2 rings (SSSR count). The third-order valence-electron chi connectivity index (χ3n) is 3.37. The van der Waals surface area contributed by atoms with Crippen molar-refractivity contribution in [2.75, 3.05) is 5.32 Å². The number of nitrogens with one attached hydrogen (secondary N) is 1. The van der Waals surface area contributed by atoms with Gasteiger partial charge in [0.2, 0.25) is 0 Å². The van der Waals surface area contributed by atoms with Gasteiger partial charge in [-0.15, -0.1) is 0 Å². The highest BCUT2D eigenvalue weighted by Gasteiger charge is 2.20. The number of anilines is 1. The van der Waals surface area contributed by atoms with Crippen molar-refractivity contribution in [3.05, 3.63) is 24.0 Å². The third kappa shape index (κ3) is 2.71. The number of nitrogens with zero attached hydrogens (tertiary/aromatic N) is 1. The van der Waals surface area contributed by atoms with Gasteiger partial charge in [0.1, 0.15) is 0 Å². The Morgan fingerprint density at radius 1 is 1.27 bits per heavy atom. The van der Waals surface area contributed by atoms with Crippen LogP contribution >= 0.6 is 0 Å². The molecule has 1 N–H and O–H groups in total. The Labute approximate surface area is 92.1 Å². The second-order valence-corrected chi connectivity index (χ2v) is 4.70. The lowest BCUT2D eigenvalue weighted by Crippen LogP contribution is -2.30. The molecule has 0 aliphatic heterocycles. The maximum atomic E-state index is 4.31. The number of pyridine rings is 1. The molecular weight excluding hydrogens is 184 g/mol. The Hall–Kier alpha value is -1.05. The Bertz CT molecular complexity index is 305. The van der Waals surface area contributed by atoms with Gasteiger partial charge >= 0.3 is 0 Å². The number of aryl methyl sites for hydroxylation is 1. The van der Waals surface area contributed by atoms with Crippen LogP contribution in [0.2, 0.25) is 0 Å². The van der Waals surface area contributed by atoms with Gasteiger partial charge in [-0.1, -0.05) is 19.8 Å². The number of hydrogen-bond acceptors (Lipinski definition) is 2. The monoisotopic (exact) mass is 204 g/mol. The fourth-order valence-electron chi connectivity index (χ4n) is 2.30. The molecule has 0 amide bonds. The van der Waals surface area contributed by atoms with Gasteiger partial charge in [0, 0.05) is 11.7 Å². The molecule has 0 spiro atoms. The highest BCUT2D eigenvalue weighted by Crippen LogP contribution is 2.26. The van der Waals surface area contributed by atoms with Crippen molar-refractivity contribution in [1.82, 2.24) is 4.98 Å². The summed E-state index contributed by atoms with van der Waals surface area (Å²) in [6.07, 6.45) is 7.36. The summed E-state index contributed by atoms with van der Waals surface area (Å²) in [7, 11) is 0. The van der Waals surface area contributed by atoms with Crippen molar-refractivity contribution < 1.29 is 0 Å². The molecule has 1 heterocycles. The van der Waals surface area contributed by atoms with Crippen molar-refractivity contribution in [1.29, 1.82) is 0 Å². The lowest BCUT2D eigenvalue weighted by Gasteiger charge is -2.30. The van der Waals surface area contributed by atoms with Crippen molar-refractivity contribution in [3.8, 4) is 0 Å². The molecule has 1 aliphatic carbocycles. The Balaban J connectivity index is 1.98. The summed E-state index contributed by atoms with van der Waals surface area (Å²) in [5.74, 6) is 0.792. The van der Waals surface area contributed by atoms with Crippen molar-refractivity contribution in [2.45, 2.75) is 45.6 Å². The van der Waals surface area contributed by atoms with Gasteiger partial charge in [-0.25, -0.2) is 0 Å². The minimum absolute atomic E-state index is 0.642. The Morgan fingerprint density at radius 2 is 2.07 bits per heavy atom. The summed E-state index contributed by atoms with van der Waals surface area (Å²) in [4.78, 5) is 4.31. The van der Waals surface area contributed by atoms with Crippen LogP contribution < -0.4 is 5.32 Å². The summed E-state index contributed by atoms with van der Waals surface area (Å²) in [6, 6.07) is 4.84. The largest absolute Gasteiger partial charge is 0.381 e. The van der Waals surface area contributed by atoms with E-state index in [1.165, 1.54) is 31.4 Å². The van der Waals surface area contributed by atoms with Crippen LogP contribution in [0.15, 0.2) is 18.3 Å². The lowest BCUT2D eigenvalue weighted by molar-refractivity contribution is 0.349. The van der Waals surface area contributed by atoms with Gasteiger partial charge in [0.25, 0.3) is 0 Å². The molecule has 0 aromatic carbocycles. The average molecular weight is 204 g/mol.